The van der Waals surface area contributed by atoms with E-state index in [1.54, 1.807) is 4.68 Å². The van der Waals surface area contributed by atoms with Crippen molar-refractivity contribution >= 4 is 5.91 Å². The second kappa shape index (κ2) is 7.48. The van der Waals surface area contributed by atoms with E-state index in [0.29, 0.717) is 11.7 Å². The highest BCUT2D eigenvalue weighted by Gasteiger charge is 2.38. The van der Waals surface area contributed by atoms with E-state index in [9.17, 15) is 4.79 Å². The van der Waals surface area contributed by atoms with Gasteiger partial charge in [-0.2, -0.15) is 5.10 Å². The van der Waals surface area contributed by atoms with Crippen LogP contribution in [-0.2, 0) is 7.05 Å². The molecule has 2 aromatic carbocycles. The summed E-state index contributed by atoms with van der Waals surface area (Å²) in [6, 6.07) is 23.2. The summed E-state index contributed by atoms with van der Waals surface area (Å²) < 4.78 is 1.72. The van der Waals surface area contributed by atoms with E-state index >= 15 is 0 Å². The average Bonchev–Trinajstić information content (AvgIpc) is 3.56. The highest BCUT2D eigenvalue weighted by Crippen LogP contribution is 2.34. The van der Waals surface area contributed by atoms with Crippen molar-refractivity contribution in [3.05, 3.63) is 78.0 Å². The van der Waals surface area contributed by atoms with Crippen molar-refractivity contribution in [1.82, 2.24) is 19.6 Å². The third-order valence-corrected chi connectivity index (χ3v) is 6.09. The fourth-order valence-electron chi connectivity index (χ4n) is 4.34. The average molecular weight is 386 g/mol. The van der Waals surface area contributed by atoms with Crippen LogP contribution in [0.1, 0.15) is 34.9 Å². The lowest BCUT2D eigenvalue weighted by Crippen LogP contribution is -2.51. The van der Waals surface area contributed by atoms with Crippen LogP contribution < -0.4 is 0 Å². The predicted octanol–water partition coefficient (Wildman–Crippen LogP) is 3.75. The molecule has 1 aliphatic heterocycles. The van der Waals surface area contributed by atoms with Crippen LogP contribution in [0.5, 0.6) is 0 Å². The molecular weight excluding hydrogens is 360 g/mol. The van der Waals surface area contributed by atoms with Gasteiger partial charge in [0.15, 0.2) is 0 Å². The van der Waals surface area contributed by atoms with Crippen LogP contribution in [0.2, 0.25) is 0 Å². The van der Waals surface area contributed by atoms with Gasteiger partial charge in [0, 0.05) is 38.3 Å². The molecule has 2 fully saturated rings. The maximum Gasteiger partial charge on any atom is 0.272 e. The zero-order valence-electron chi connectivity index (χ0n) is 16.7. The molecule has 0 spiro atoms. The number of amides is 1. The van der Waals surface area contributed by atoms with Crippen LogP contribution in [0, 0.1) is 0 Å². The monoisotopic (exact) mass is 386 g/mol. The lowest BCUT2D eigenvalue weighted by atomic mass is 10.0. The molecule has 0 radical (unpaired) electrons. The van der Waals surface area contributed by atoms with Crippen LogP contribution >= 0.6 is 0 Å². The Balaban J connectivity index is 1.45. The molecule has 5 heteroatoms. The Kier molecular flexibility index (Phi) is 4.68. The number of aryl methyl sites for hydroxylation is 1. The first-order chi connectivity index (χ1) is 14.2. The number of carbonyl (C=O) groups is 1. The summed E-state index contributed by atoms with van der Waals surface area (Å²) >= 11 is 0. The molecule has 1 unspecified atom stereocenters. The molecule has 1 saturated carbocycles. The van der Waals surface area contributed by atoms with Crippen LogP contribution in [0.4, 0.5) is 0 Å². The van der Waals surface area contributed by atoms with Crippen LogP contribution in [-0.4, -0.2) is 51.2 Å². The molecule has 148 valence electrons. The first kappa shape index (κ1) is 18.1. The largest absolute Gasteiger partial charge is 0.328 e. The second-order valence-corrected chi connectivity index (χ2v) is 8.06. The van der Waals surface area contributed by atoms with E-state index in [1.165, 1.54) is 18.4 Å². The SMILES string of the molecule is Cn1nc(-c2ccccc2)cc1C(=O)N1CCN(C2CC2)CC1c1ccccc1. The number of hydrogen-bond donors (Lipinski definition) is 0. The molecule has 2 heterocycles. The fraction of sp³-hybridized carbons (Fsp3) is 0.333. The van der Waals surface area contributed by atoms with E-state index < -0.39 is 0 Å². The predicted molar refractivity (Wildman–Crippen MR) is 113 cm³/mol. The molecule has 0 bridgehead atoms. The van der Waals surface area contributed by atoms with Crippen molar-refractivity contribution in [3.63, 3.8) is 0 Å². The Labute approximate surface area is 171 Å². The van der Waals surface area contributed by atoms with Gasteiger partial charge in [0.05, 0.1) is 11.7 Å². The van der Waals surface area contributed by atoms with Crippen LogP contribution in [0.3, 0.4) is 0 Å². The van der Waals surface area contributed by atoms with E-state index in [0.717, 1.165) is 30.9 Å². The first-order valence-electron chi connectivity index (χ1n) is 10.4. The fourth-order valence-corrected chi connectivity index (χ4v) is 4.34. The van der Waals surface area contributed by atoms with E-state index in [1.807, 2.05) is 54.4 Å². The molecule has 1 aromatic heterocycles. The standard InChI is InChI=1S/C24H26N4O/c1-26-22(16-21(25-26)18-8-4-2-5-9-18)24(29)28-15-14-27(20-12-13-20)17-23(28)19-10-6-3-7-11-19/h2-11,16,20,23H,12-15,17H2,1H3. The van der Waals surface area contributed by atoms with Gasteiger partial charge < -0.3 is 4.90 Å². The molecule has 1 atom stereocenters. The van der Waals surface area contributed by atoms with Gasteiger partial charge in [-0.1, -0.05) is 60.7 Å². The van der Waals surface area contributed by atoms with Gasteiger partial charge >= 0.3 is 0 Å². The Bertz CT molecular complexity index is 994. The Morgan fingerprint density at radius 2 is 1.66 bits per heavy atom. The second-order valence-electron chi connectivity index (χ2n) is 8.06. The summed E-state index contributed by atoms with van der Waals surface area (Å²) in [4.78, 5) is 18.2. The summed E-state index contributed by atoms with van der Waals surface area (Å²) in [6.07, 6.45) is 2.58. The Morgan fingerprint density at radius 1 is 0.966 bits per heavy atom. The molecule has 0 N–H and O–H groups in total. The quantitative estimate of drug-likeness (QED) is 0.686. The van der Waals surface area contributed by atoms with Gasteiger partial charge in [-0.05, 0) is 24.5 Å². The van der Waals surface area contributed by atoms with E-state index in [-0.39, 0.29) is 11.9 Å². The van der Waals surface area contributed by atoms with Gasteiger partial charge in [-0.25, -0.2) is 0 Å². The molecule has 2 aliphatic rings. The molecular formula is C24H26N4O. The molecule has 3 aromatic rings. The number of piperazine rings is 1. The van der Waals surface area contributed by atoms with Gasteiger partial charge in [0.2, 0.25) is 0 Å². The number of nitrogens with zero attached hydrogens (tertiary/aromatic N) is 4. The maximum atomic E-state index is 13.6. The summed E-state index contributed by atoms with van der Waals surface area (Å²) in [7, 11) is 1.86. The molecule has 5 nitrogen and oxygen atoms in total. The van der Waals surface area contributed by atoms with Crippen molar-refractivity contribution < 1.29 is 4.79 Å². The van der Waals surface area contributed by atoms with Gasteiger partial charge in [-0.3, -0.25) is 14.4 Å². The minimum Gasteiger partial charge on any atom is -0.328 e. The number of carbonyl (C=O) groups excluding carboxylic acids is 1. The summed E-state index contributed by atoms with van der Waals surface area (Å²) in [5, 5.41) is 4.61. The lowest BCUT2D eigenvalue weighted by molar-refractivity contribution is 0.0423. The van der Waals surface area contributed by atoms with Crippen molar-refractivity contribution in [2.24, 2.45) is 7.05 Å². The highest BCUT2D eigenvalue weighted by atomic mass is 16.2. The maximum absolute atomic E-state index is 13.6. The van der Waals surface area contributed by atoms with Crippen molar-refractivity contribution in [3.8, 4) is 11.3 Å². The molecule has 29 heavy (non-hydrogen) atoms. The number of benzene rings is 2. The van der Waals surface area contributed by atoms with E-state index in [4.69, 9.17) is 0 Å². The smallest absolute Gasteiger partial charge is 0.272 e. The normalized spacial score (nSPS) is 20.0. The van der Waals surface area contributed by atoms with Crippen LogP contribution in [0.15, 0.2) is 66.7 Å². The number of aromatic nitrogens is 2. The minimum atomic E-state index is 0.0616. The first-order valence-corrected chi connectivity index (χ1v) is 10.4. The van der Waals surface area contributed by atoms with Gasteiger partial charge in [0.1, 0.15) is 5.69 Å². The van der Waals surface area contributed by atoms with Gasteiger partial charge in [0.25, 0.3) is 5.91 Å². The number of rotatable bonds is 4. The van der Waals surface area contributed by atoms with Crippen molar-refractivity contribution in [1.29, 1.82) is 0 Å². The van der Waals surface area contributed by atoms with Crippen molar-refractivity contribution in [2.45, 2.75) is 24.9 Å². The summed E-state index contributed by atoms with van der Waals surface area (Å²) in [6.45, 7) is 2.60. The third kappa shape index (κ3) is 3.58. The molecule has 1 aliphatic carbocycles. The topological polar surface area (TPSA) is 41.4 Å². The zero-order chi connectivity index (χ0) is 19.8. The van der Waals surface area contributed by atoms with Crippen LogP contribution in [0.25, 0.3) is 11.3 Å². The van der Waals surface area contributed by atoms with E-state index in [2.05, 4.69) is 34.3 Å². The third-order valence-electron chi connectivity index (χ3n) is 6.09. The Morgan fingerprint density at radius 3 is 2.34 bits per heavy atom. The number of hydrogen-bond acceptors (Lipinski definition) is 3. The Hall–Kier alpha value is -2.92. The zero-order valence-corrected chi connectivity index (χ0v) is 16.7. The van der Waals surface area contributed by atoms with Gasteiger partial charge in [-0.15, -0.1) is 0 Å². The highest BCUT2D eigenvalue weighted by molar-refractivity contribution is 5.94. The molecule has 5 rings (SSSR count). The van der Waals surface area contributed by atoms with Crippen molar-refractivity contribution in [2.75, 3.05) is 19.6 Å². The molecule has 1 saturated heterocycles. The lowest BCUT2D eigenvalue weighted by Gasteiger charge is -2.42. The molecule has 1 amide bonds. The summed E-state index contributed by atoms with van der Waals surface area (Å²) in [5.74, 6) is 0.0616. The minimum absolute atomic E-state index is 0.0616. The summed E-state index contributed by atoms with van der Waals surface area (Å²) in [5.41, 5.74) is 3.71.